The molecule has 0 aromatic heterocycles. The van der Waals surface area contributed by atoms with Crippen molar-refractivity contribution in [3.8, 4) is 16.9 Å². The van der Waals surface area contributed by atoms with E-state index < -0.39 is 13.9 Å². The third kappa shape index (κ3) is 5.62. The molecule has 0 amide bonds. The van der Waals surface area contributed by atoms with Crippen molar-refractivity contribution in [1.29, 1.82) is 0 Å². The maximum Gasteiger partial charge on any atom is 0.527 e. The molecule has 7 heteroatoms. The van der Waals surface area contributed by atoms with Gasteiger partial charge in [0, 0.05) is 37.2 Å². The molecule has 0 bridgehead atoms. The average molecular weight is 603 g/mol. The number of phosphoric acid groups is 1. The highest BCUT2D eigenvalue weighted by molar-refractivity contribution is 7.47. The van der Waals surface area contributed by atoms with Gasteiger partial charge in [0.15, 0.2) is 0 Å². The topological polar surface area (TPSA) is 74.2 Å². The Labute approximate surface area is 255 Å². The minimum Gasteiger partial charge on any atom is -0.403 e. The number of hydrogen-bond donors (Lipinski definition) is 1. The van der Waals surface area contributed by atoms with Gasteiger partial charge in [-0.25, -0.2) is 4.57 Å². The fourth-order valence-corrected chi connectivity index (χ4v) is 9.80. The van der Waals surface area contributed by atoms with Crippen molar-refractivity contribution in [3.63, 3.8) is 0 Å². The first kappa shape index (κ1) is 29.3. The van der Waals surface area contributed by atoms with Crippen molar-refractivity contribution in [2.24, 2.45) is 11.8 Å². The Hall–Kier alpha value is -2.47. The van der Waals surface area contributed by atoms with Crippen LogP contribution in [0, 0.1) is 11.8 Å². The van der Waals surface area contributed by atoms with E-state index in [1.54, 1.807) is 14.2 Å². The summed E-state index contributed by atoms with van der Waals surface area (Å²) in [5, 5.41) is 0. The van der Waals surface area contributed by atoms with Crippen LogP contribution in [-0.4, -0.2) is 25.2 Å². The molecule has 3 aromatic carbocycles. The zero-order valence-electron chi connectivity index (χ0n) is 25.3. The molecule has 3 aromatic rings. The van der Waals surface area contributed by atoms with E-state index in [9.17, 15) is 9.46 Å². The van der Waals surface area contributed by atoms with Crippen LogP contribution in [0.2, 0.25) is 0 Å². The van der Waals surface area contributed by atoms with Crippen LogP contribution in [0.15, 0.2) is 54.6 Å². The molecule has 228 valence electrons. The van der Waals surface area contributed by atoms with Crippen molar-refractivity contribution in [1.82, 2.24) is 0 Å². The molecule has 6 atom stereocenters. The maximum atomic E-state index is 14.0. The standard InChI is InChI=1S/C36H43O6P/c1-39-21-23-9-7-13-25(17-23)31-19-27-11-3-5-15-29(27)33-34-30-16-6-4-12-28(30)20-32(26-14-8-10-24(18-26)22-40-2)36(34)42-43(37,38)41-35(31)33/h7-10,13-14,17-19,28,30,32,34,36H,3-6,11-12,15-16,20-22H2,1-2H3,(H,37,38)/t28?,30?,32?,34-,36-/m1/s1. The van der Waals surface area contributed by atoms with E-state index in [-0.39, 0.29) is 11.8 Å². The highest BCUT2D eigenvalue weighted by atomic mass is 31.2. The molecule has 2 saturated carbocycles. The Balaban J connectivity index is 1.46. The monoisotopic (exact) mass is 602 g/mol. The van der Waals surface area contributed by atoms with Gasteiger partial charge >= 0.3 is 7.82 Å². The van der Waals surface area contributed by atoms with Gasteiger partial charge in [0.25, 0.3) is 0 Å². The minimum atomic E-state index is -4.44. The molecule has 4 aliphatic rings. The fraction of sp³-hybridized carbons (Fsp3) is 0.500. The summed E-state index contributed by atoms with van der Waals surface area (Å²) in [6, 6.07) is 19.0. The van der Waals surface area contributed by atoms with E-state index in [0.29, 0.717) is 30.8 Å². The van der Waals surface area contributed by atoms with Crippen molar-refractivity contribution in [2.45, 2.75) is 88.9 Å². The minimum absolute atomic E-state index is 0.0101. The summed E-state index contributed by atoms with van der Waals surface area (Å²) in [7, 11) is -1.02. The summed E-state index contributed by atoms with van der Waals surface area (Å²) in [4.78, 5) is 11.4. The molecule has 2 fully saturated rings. The predicted octanol–water partition coefficient (Wildman–Crippen LogP) is 8.48. The Morgan fingerprint density at radius 3 is 2.47 bits per heavy atom. The number of fused-ring (bicyclic) bond motifs is 7. The van der Waals surface area contributed by atoms with Crippen LogP contribution in [0.5, 0.6) is 5.75 Å². The van der Waals surface area contributed by atoms with E-state index in [1.165, 1.54) is 30.4 Å². The van der Waals surface area contributed by atoms with E-state index in [4.69, 9.17) is 18.5 Å². The van der Waals surface area contributed by atoms with E-state index in [2.05, 4.69) is 48.5 Å². The van der Waals surface area contributed by atoms with Crippen molar-refractivity contribution >= 4 is 7.82 Å². The Kier molecular flexibility index (Phi) is 8.26. The number of hydrogen-bond acceptors (Lipinski definition) is 5. The lowest BCUT2D eigenvalue weighted by Gasteiger charge is -2.49. The highest BCUT2D eigenvalue weighted by Crippen LogP contribution is 2.64. The average Bonchev–Trinajstić information content (AvgIpc) is 3.14. The molecule has 1 aliphatic heterocycles. The zero-order valence-corrected chi connectivity index (χ0v) is 26.2. The predicted molar refractivity (Wildman–Crippen MR) is 167 cm³/mol. The molecular weight excluding hydrogens is 559 g/mol. The van der Waals surface area contributed by atoms with Crippen molar-refractivity contribution in [3.05, 3.63) is 88.0 Å². The largest absolute Gasteiger partial charge is 0.527 e. The van der Waals surface area contributed by atoms with E-state index >= 15 is 0 Å². The highest BCUT2D eigenvalue weighted by Gasteiger charge is 2.53. The van der Waals surface area contributed by atoms with Gasteiger partial charge in [-0.05, 0) is 95.9 Å². The van der Waals surface area contributed by atoms with E-state index in [0.717, 1.165) is 71.9 Å². The fourth-order valence-electron chi connectivity index (χ4n) is 8.75. The van der Waals surface area contributed by atoms with E-state index in [1.807, 2.05) is 6.07 Å². The van der Waals surface area contributed by atoms with Crippen LogP contribution in [0.3, 0.4) is 0 Å². The number of methoxy groups -OCH3 is 2. The first-order chi connectivity index (χ1) is 21.0. The molecular formula is C36H43O6P. The summed E-state index contributed by atoms with van der Waals surface area (Å²) < 4.78 is 37.5. The van der Waals surface area contributed by atoms with Crippen LogP contribution < -0.4 is 4.52 Å². The summed E-state index contributed by atoms with van der Waals surface area (Å²) in [5.74, 6) is 1.46. The molecule has 4 unspecified atom stereocenters. The lowest BCUT2D eigenvalue weighted by Crippen LogP contribution is -2.43. The van der Waals surface area contributed by atoms with Crippen LogP contribution in [0.1, 0.15) is 90.2 Å². The summed E-state index contributed by atoms with van der Waals surface area (Å²) in [6.07, 6.45) is 9.49. The third-order valence-corrected chi connectivity index (χ3v) is 11.3. The lowest BCUT2D eigenvalue weighted by atomic mass is 9.57. The molecule has 0 spiro atoms. The number of benzene rings is 3. The van der Waals surface area contributed by atoms with Gasteiger partial charge in [-0.2, -0.15) is 0 Å². The first-order valence-corrected chi connectivity index (χ1v) is 17.5. The number of ether oxygens (including phenoxy) is 2. The second-order valence-electron chi connectivity index (χ2n) is 13.0. The number of aryl methyl sites for hydroxylation is 1. The van der Waals surface area contributed by atoms with Gasteiger partial charge in [-0.1, -0.05) is 61.7 Å². The summed E-state index contributed by atoms with van der Waals surface area (Å²) >= 11 is 0. The second kappa shape index (κ2) is 12.1. The Morgan fingerprint density at radius 2 is 1.65 bits per heavy atom. The molecule has 1 heterocycles. The molecule has 6 nitrogen and oxygen atoms in total. The smallest absolute Gasteiger partial charge is 0.403 e. The Bertz CT molecular complexity index is 1530. The van der Waals surface area contributed by atoms with Gasteiger partial charge in [-0.3, -0.25) is 9.42 Å². The quantitative estimate of drug-likeness (QED) is 0.285. The van der Waals surface area contributed by atoms with Crippen molar-refractivity contribution in [2.75, 3.05) is 14.2 Å². The van der Waals surface area contributed by atoms with Gasteiger partial charge in [0.1, 0.15) is 5.75 Å². The van der Waals surface area contributed by atoms with Crippen LogP contribution in [-0.2, 0) is 44.6 Å². The van der Waals surface area contributed by atoms with Gasteiger partial charge in [0.05, 0.1) is 19.3 Å². The molecule has 0 saturated heterocycles. The van der Waals surface area contributed by atoms with Gasteiger partial charge in [0.2, 0.25) is 0 Å². The SMILES string of the molecule is COCc1cccc(-c2cc3c(c4c2OP(=O)(O)O[C@@H]2C(c5cccc(COC)c5)CC5CCCCC5[C@H]42)CCCC3)c1. The number of rotatable bonds is 6. The normalized spacial score (nSPS) is 29.8. The van der Waals surface area contributed by atoms with Crippen LogP contribution in [0.25, 0.3) is 11.1 Å². The molecule has 0 radical (unpaired) electrons. The Morgan fingerprint density at radius 1 is 0.907 bits per heavy atom. The summed E-state index contributed by atoms with van der Waals surface area (Å²) in [6.45, 7) is 1.03. The second-order valence-corrected chi connectivity index (χ2v) is 14.4. The van der Waals surface area contributed by atoms with Crippen LogP contribution in [0.4, 0.5) is 0 Å². The lowest BCUT2D eigenvalue weighted by molar-refractivity contribution is 0.0107. The van der Waals surface area contributed by atoms with Gasteiger partial charge < -0.3 is 14.0 Å². The van der Waals surface area contributed by atoms with Crippen molar-refractivity contribution < 1.29 is 28.0 Å². The molecule has 43 heavy (non-hydrogen) atoms. The van der Waals surface area contributed by atoms with Crippen LogP contribution >= 0.6 is 7.82 Å². The van der Waals surface area contributed by atoms with Gasteiger partial charge in [-0.15, -0.1) is 0 Å². The molecule has 1 N–H and O–H groups in total. The number of phosphoric ester groups is 1. The summed E-state index contributed by atoms with van der Waals surface area (Å²) in [5.41, 5.74) is 9.03. The maximum absolute atomic E-state index is 14.0. The first-order valence-electron chi connectivity index (χ1n) is 16.0. The zero-order chi connectivity index (χ0) is 29.6. The molecule has 3 aliphatic carbocycles. The molecule has 7 rings (SSSR count). The third-order valence-electron chi connectivity index (χ3n) is 10.4.